The molecule has 9 heteroatoms. The average molecular weight is 476 g/mol. The van der Waals surface area contributed by atoms with Crippen LogP contribution in [0.3, 0.4) is 0 Å². The number of benzene rings is 3. The number of nitrogens with zero attached hydrogens (tertiary/aromatic N) is 2. The third-order valence-electron chi connectivity index (χ3n) is 5.48. The third kappa shape index (κ3) is 4.52. The van der Waals surface area contributed by atoms with Gasteiger partial charge >= 0.3 is 0 Å². The maximum atomic E-state index is 12.2. The zero-order valence-electron chi connectivity index (χ0n) is 18.1. The highest BCUT2D eigenvalue weighted by Crippen LogP contribution is 2.33. The highest BCUT2D eigenvalue weighted by Gasteiger charge is 2.21. The van der Waals surface area contributed by atoms with E-state index in [9.17, 15) is 4.79 Å². The van der Waals surface area contributed by atoms with Crippen molar-refractivity contribution < 1.29 is 14.7 Å². The lowest BCUT2D eigenvalue weighted by Crippen LogP contribution is -2.35. The molecule has 4 N–H and O–H groups in total. The first kappa shape index (κ1) is 22.1. The van der Waals surface area contributed by atoms with Crippen molar-refractivity contribution in [1.29, 1.82) is 0 Å². The average Bonchev–Trinajstić information content (AvgIpc) is 3.26. The zero-order valence-corrected chi connectivity index (χ0v) is 18.8. The number of anilines is 2. The SMILES string of the molecule is O=C(NOCCO)c1ccc(-c2ccc3c(n2)N(Cc2ccc4ccccc4c2)NN3)cc1Cl. The lowest BCUT2D eigenvalue weighted by atomic mass is 10.1. The lowest BCUT2D eigenvalue weighted by molar-refractivity contribution is 0.0168. The van der Waals surface area contributed by atoms with Crippen LogP contribution < -0.4 is 21.4 Å². The summed E-state index contributed by atoms with van der Waals surface area (Å²) in [5, 5.41) is 13.4. The summed E-state index contributed by atoms with van der Waals surface area (Å²) in [6.07, 6.45) is 0. The van der Waals surface area contributed by atoms with E-state index in [1.165, 1.54) is 10.8 Å². The number of hydrazine groups is 2. The fourth-order valence-corrected chi connectivity index (χ4v) is 4.07. The van der Waals surface area contributed by atoms with Crippen LogP contribution in [-0.4, -0.2) is 29.2 Å². The highest BCUT2D eigenvalue weighted by molar-refractivity contribution is 6.34. The molecule has 0 bridgehead atoms. The summed E-state index contributed by atoms with van der Waals surface area (Å²) in [5.74, 6) is 0.280. The first-order chi connectivity index (χ1) is 16.6. The van der Waals surface area contributed by atoms with Crippen LogP contribution in [0.4, 0.5) is 11.5 Å². The predicted molar refractivity (Wildman–Crippen MR) is 132 cm³/mol. The van der Waals surface area contributed by atoms with Gasteiger partial charge in [-0.05, 0) is 46.7 Å². The van der Waals surface area contributed by atoms with E-state index in [2.05, 4.69) is 46.8 Å². The molecule has 0 atom stereocenters. The Bertz CT molecular complexity index is 1360. The Morgan fingerprint density at radius 1 is 1.06 bits per heavy atom. The van der Waals surface area contributed by atoms with Gasteiger partial charge in [0.2, 0.25) is 0 Å². The first-order valence-corrected chi connectivity index (χ1v) is 11.1. The van der Waals surface area contributed by atoms with Crippen LogP contribution in [-0.2, 0) is 11.4 Å². The van der Waals surface area contributed by atoms with Gasteiger partial charge in [-0.3, -0.25) is 14.6 Å². The maximum absolute atomic E-state index is 12.2. The number of amides is 1. The predicted octanol–water partition coefficient (Wildman–Crippen LogP) is 4.06. The van der Waals surface area contributed by atoms with Crippen molar-refractivity contribution in [3.63, 3.8) is 0 Å². The van der Waals surface area contributed by atoms with Gasteiger partial charge < -0.3 is 10.5 Å². The number of carbonyl (C=O) groups is 1. The van der Waals surface area contributed by atoms with Crippen molar-refractivity contribution >= 4 is 39.8 Å². The molecule has 1 aliphatic heterocycles. The van der Waals surface area contributed by atoms with Crippen LogP contribution in [0.5, 0.6) is 0 Å². The van der Waals surface area contributed by atoms with E-state index in [-0.39, 0.29) is 23.8 Å². The summed E-state index contributed by atoms with van der Waals surface area (Å²) in [4.78, 5) is 21.9. The minimum atomic E-state index is -0.484. The van der Waals surface area contributed by atoms with Gasteiger partial charge in [-0.2, -0.15) is 0 Å². The van der Waals surface area contributed by atoms with Crippen molar-refractivity contribution in [2.24, 2.45) is 0 Å². The molecule has 172 valence electrons. The summed E-state index contributed by atoms with van der Waals surface area (Å²) < 4.78 is 0. The smallest absolute Gasteiger partial charge is 0.276 e. The number of aliphatic hydroxyl groups excluding tert-OH is 1. The van der Waals surface area contributed by atoms with Crippen molar-refractivity contribution in [3.8, 4) is 11.3 Å². The van der Waals surface area contributed by atoms with Crippen molar-refractivity contribution in [2.45, 2.75) is 6.54 Å². The number of aromatic nitrogens is 1. The Morgan fingerprint density at radius 2 is 1.91 bits per heavy atom. The van der Waals surface area contributed by atoms with Gasteiger partial charge in [-0.1, -0.05) is 54.1 Å². The van der Waals surface area contributed by atoms with E-state index in [0.29, 0.717) is 6.54 Å². The van der Waals surface area contributed by atoms with Gasteiger partial charge in [0.1, 0.15) is 0 Å². The molecule has 8 nitrogen and oxygen atoms in total. The van der Waals surface area contributed by atoms with Crippen LogP contribution >= 0.6 is 11.6 Å². The number of hydrogen-bond donors (Lipinski definition) is 4. The topological polar surface area (TPSA) is 98.8 Å². The van der Waals surface area contributed by atoms with Gasteiger partial charge in [0.25, 0.3) is 5.91 Å². The van der Waals surface area contributed by atoms with E-state index < -0.39 is 5.91 Å². The molecular weight excluding hydrogens is 454 g/mol. The minimum Gasteiger partial charge on any atom is -0.394 e. The molecular formula is C25H22ClN5O3. The second-order valence-corrected chi connectivity index (χ2v) is 8.18. The number of fused-ring (bicyclic) bond motifs is 2. The number of halogens is 1. The molecule has 1 aromatic heterocycles. The molecule has 1 amide bonds. The van der Waals surface area contributed by atoms with Crippen LogP contribution in [0.2, 0.25) is 5.02 Å². The quantitative estimate of drug-likeness (QED) is 0.236. The molecule has 0 saturated heterocycles. The van der Waals surface area contributed by atoms with Crippen molar-refractivity contribution in [1.82, 2.24) is 16.0 Å². The van der Waals surface area contributed by atoms with Gasteiger partial charge in [0.15, 0.2) is 5.82 Å². The second kappa shape index (κ2) is 9.66. The fraction of sp³-hybridized carbons (Fsp3) is 0.120. The van der Waals surface area contributed by atoms with Crippen LogP contribution in [0.25, 0.3) is 22.0 Å². The van der Waals surface area contributed by atoms with Crippen LogP contribution in [0, 0.1) is 0 Å². The molecule has 4 aromatic rings. The van der Waals surface area contributed by atoms with Crippen molar-refractivity contribution in [3.05, 3.63) is 88.9 Å². The summed E-state index contributed by atoms with van der Waals surface area (Å²) in [7, 11) is 0. The molecule has 0 fully saturated rings. The number of hydrogen-bond acceptors (Lipinski definition) is 7. The third-order valence-corrected chi connectivity index (χ3v) is 5.79. The fourth-order valence-electron chi connectivity index (χ4n) is 3.80. The second-order valence-electron chi connectivity index (χ2n) is 7.77. The minimum absolute atomic E-state index is 0.00172. The number of nitrogens with one attached hydrogen (secondary N) is 3. The molecule has 34 heavy (non-hydrogen) atoms. The zero-order chi connectivity index (χ0) is 23.5. The van der Waals surface area contributed by atoms with E-state index in [1.54, 1.807) is 18.2 Å². The number of hydroxylamine groups is 1. The van der Waals surface area contributed by atoms with Gasteiger partial charge in [-0.15, -0.1) is 5.53 Å². The molecule has 0 aliphatic carbocycles. The Balaban J connectivity index is 1.37. The Kier molecular flexibility index (Phi) is 6.29. The van der Waals surface area contributed by atoms with E-state index >= 15 is 0 Å². The standard InChI is InChI=1S/C25H22ClN5O3/c26-21-14-19(7-8-20(21)25(33)29-34-12-11-32)22-9-10-23-24(27-22)31(30-28-23)15-16-5-6-17-3-1-2-4-18(17)13-16/h1-10,13-14,28,30,32H,11-12,15H2,(H,29,33). The van der Waals surface area contributed by atoms with E-state index in [1.807, 2.05) is 29.3 Å². The van der Waals surface area contributed by atoms with Crippen LogP contribution in [0.1, 0.15) is 15.9 Å². The van der Waals surface area contributed by atoms with Crippen molar-refractivity contribution in [2.75, 3.05) is 23.6 Å². The van der Waals surface area contributed by atoms with Gasteiger partial charge in [0.05, 0.1) is 41.7 Å². The lowest BCUT2D eigenvalue weighted by Gasteiger charge is -2.18. The summed E-state index contributed by atoms with van der Waals surface area (Å²) in [6, 6.07) is 23.6. The Morgan fingerprint density at radius 3 is 2.74 bits per heavy atom. The molecule has 2 heterocycles. The molecule has 0 unspecified atom stereocenters. The monoisotopic (exact) mass is 475 g/mol. The molecule has 3 aromatic carbocycles. The van der Waals surface area contributed by atoms with Crippen LogP contribution in [0.15, 0.2) is 72.8 Å². The number of pyridine rings is 1. The van der Waals surface area contributed by atoms with E-state index in [4.69, 9.17) is 26.5 Å². The molecule has 0 saturated carbocycles. The van der Waals surface area contributed by atoms with E-state index in [0.717, 1.165) is 28.3 Å². The van der Waals surface area contributed by atoms with Gasteiger partial charge in [0, 0.05) is 5.56 Å². The summed E-state index contributed by atoms with van der Waals surface area (Å²) in [6.45, 7) is 0.422. The summed E-state index contributed by atoms with van der Waals surface area (Å²) >= 11 is 6.36. The molecule has 0 spiro atoms. The first-order valence-electron chi connectivity index (χ1n) is 10.7. The normalized spacial score (nSPS) is 12.5. The summed E-state index contributed by atoms with van der Waals surface area (Å²) in [5.41, 5.74) is 12.3. The largest absolute Gasteiger partial charge is 0.394 e. The molecule has 0 radical (unpaired) electrons. The molecule has 1 aliphatic rings. The highest BCUT2D eigenvalue weighted by atomic mass is 35.5. The Labute approximate surface area is 201 Å². The molecule has 5 rings (SSSR count). The maximum Gasteiger partial charge on any atom is 0.276 e. The van der Waals surface area contributed by atoms with Gasteiger partial charge in [-0.25, -0.2) is 10.5 Å². The number of carbonyl (C=O) groups excluding carboxylic acids is 1. The Hall–Kier alpha value is -3.69. The number of aliphatic hydroxyl groups is 1. The number of rotatable bonds is 7.